The third-order valence-corrected chi connectivity index (χ3v) is 6.54. The van der Waals surface area contributed by atoms with Crippen LogP contribution in [-0.4, -0.2) is 31.0 Å². The Hall–Kier alpha value is -2.45. The van der Waals surface area contributed by atoms with Crippen LogP contribution in [0.5, 0.6) is 0 Å². The zero-order valence-corrected chi connectivity index (χ0v) is 16.3. The Morgan fingerprint density at radius 2 is 2.07 bits per heavy atom. The molecule has 7 nitrogen and oxygen atoms in total. The molecule has 2 amide bonds. The van der Waals surface area contributed by atoms with E-state index in [0.717, 1.165) is 9.87 Å². The van der Waals surface area contributed by atoms with Gasteiger partial charge in [0.25, 0.3) is 5.91 Å². The largest absolute Gasteiger partial charge is 0.348 e. The lowest BCUT2D eigenvalue weighted by Crippen LogP contribution is -2.33. The molecule has 1 aromatic carbocycles. The summed E-state index contributed by atoms with van der Waals surface area (Å²) in [6.07, 6.45) is 3.25. The van der Waals surface area contributed by atoms with Crippen LogP contribution in [0.25, 0.3) is 0 Å². The van der Waals surface area contributed by atoms with Crippen LogP contribution in [0.1, 0.15) is 29.8 Å². The van der Waals surface area contributed by atoms with Gasteiger partial charge in [-0.1, -0.05) is 17.7 Å². The lowest BCUT2D eigenvalue weighted by Gasteiger charge is -2.18. The first-order chi connectivity index (χ1) is 12.6. The molecule has 1 N–H and O–H groups in total. The molecule has 142 valence electrons. The summed E-state index contributed by atoms with van der Waals surface area (Å²) >= 11 is 6.12. The SMILES string of the molecule is CC1(C)CS(=O)(=O)N(c2ccc(Cl)c(C(=O)NCc3cccnc3)c2)C1=O. The second-order valence-electron chi connectivity index (χ2n) is 6.92. The van der Waals surface area contributed by atoms with E-state index in [1.807, 2.05) is 6.07 Å². The minimum Gasteiger partial charge on any atom is -0.348 e. The second kappa shape index (κ2) is 6.94. The summed E-state index contributed by atoms with van der Waals surface area (Å²) in [4.78, 5) is 29.0. The molecule has 9 heteroatoms. The lowest BCUT2D eigenvalue weighted by molar-refractivity contribution is -0.123. The standard InChI is InChI=1S/C18H18ClN3O4S/c1-18(2)11-27(25,26)22(17(18)24)13-5-6-15(19)14(8-13)16(23)21-10-12-4-3-7-20-9-12/h3-9H,10-11H2,1-2H3,(H,21,23). The molecular weight excluding hydrogens is 390 g/mol. The molecule has 1 aromatic heterocycles. The lowest BCUT2D eigenvalue weighted by atomic mass is 9.95. The topological polar surface area (TPSA) is 96.4 Å². The maximum absolute atomic E-state index is 12.5. The first kappa shape index (κ1) is 19.3. The molecular formula is C18H18ClN3O4S. The van der Waals surface area contributed by atoms with Crippen LogP contribution in [0, 0.1) is 5.41 Å². The molecule has 3 rings (SSSR count). The van der Waals surface area contributed by atoms with Crippen LogP contribution in [0.2, 0.25) is 5.02 Å². The Kier molecular flexibility index (Phi) is 4.96. The normalized spacial score (nSPS) is 17.7. The van der Waals surface area contributed by atoms with Crippen molar-refractivity contribution in [3.8, 4) is 0 Å². The fourth-order valence-electron chi connectivity index (χ4n) is 2.86. The minimum atomic E-state index is -3.81. The van der Waals surface area contributed by atoms with Crippen molar-refractivity contribution in [3.63, 3.8) is 0 Å². The Morgan fingerprint density at radius 3 is 2.67 bits per heavy atom. The number of nitrogens with one attached hydrogen (secondary N) is 1. The summed E-state index contributed by atoms with van der Waals surface area (Å²) in [5.41, 5.74) is -0.0364. The fraction of sp³-hybridized carbons (Fsp3) is 0.278. The van der Waals surface area contributed by atoms with Crippen molar-refractivity contribution in [2.75, 3.05) is 10.1 Å². The summed E-state index contributed by atoms with van der Waals surface area (Å²) in [6.45, 7) is 3.38. The van der Waals surface area contributed by atoms with E-state index in [0.29, 0.717) is 0 Å². The van der Waals surface area contributed by atoms with Gasteiger partial charge in [0.1, 0.15) is 0 Å². The van der Waals surface area contributed by atoms with Crippen LogP contribution in [0.3, 0.4) is 0 Å². The second-order valence-corrected chi connectivity index (χ2v) is 9.14. The van der Waals surface area contributed by atoms with Crippen molar-refractivity contribution in [1.82, 2.24) is 10.3 Å². The number of carbonyl (C=O) groups excluding carboxylic acids is 2. The summed E-state index contributed by atoms with van der Waals surface area (Å²) < 4.78 is 25.6. The number of rotatable bonds is 4. The molecule has 27 heavy (non-hydrogen) atoms. The van der Waals surface area contributed by atoms with E-state index in [-0.39, 0.29) is 28.6 Å². The van der Waals surface area contributed by atoms with Gasteiger partial charge in [0, 0.05) is 18.9 Å². The van der Waals surface area contributed by atoms with Crippen LogP contribution in [0.4, 0.5) is 5.69 Å². The highest BCUT2D eigenvalue weighted by Crippen LogP contribution is 2.36. The smallest absolute Gasteiger partial charge is 0.253 e. The number of benzene rings is 1. The average molecular weight is 408 g/mol. The van der Waals surface area contributed by atoms with E-state index in [1.165, 1.54) is 18.2 Å². The highest BCUT2D eigenvalue weighted by Gasteiger charge is 2.50. The van der Waals surface area contributed by atoms with Crippen molar-refractivity contribution in [2.24, 2.45) is 5.41 Å². The maximum Gasteiger partial charge on any atom is 0.253 e. The molecule has 0 radical (unpaired) electrons. The van der Waals surface area contributed by atoms with Crippen LogP contribution in [0.15, 0.2) is 42.7 Å². The van der Waals surface area contributed by atoms with Gasteiger partial charge >= 0.3 is 0 Å². The molecule has 1 fully saturated rings. The molecule has 2 heterocycles. The minimum absolute atomic E-state index is 0.0887. The number of nitrogens with zero attached hydrogens (tertiary/aromatic N) is 2. The monoisotopic (exact) mass is 407 g/mol. The van der Waals surface area contributed by atoms with Crippen LogP contribution >= 0.6 is 11.6 Å². The Morgan fingerprint density at radius 1 is 1.33 bits per heavy atom. The fourth-order valence-corrected chi connectivity index (χ4v) is 5.16. The molecule has 1 saturated heterocycles. The molecule has 0 spiro atoms. The van der Waals surface area contributed by atoms with Crippen molar-refractivity contribution in [1.29, 1.82) is 0 Å². The third-order valence-electron chi connectivity index (χ3n) is 4.19. The van der Waals surface area contributed by atoms with Gasteiger partial charge in [0.15, 0.2) is 0 Å². The van der Waals surface area contributed by atoms with Gasteiger partial charge in [0.2, 0.25) is 15.9 Å². The number of amides is 2. The van der Waals surface area contributed by atoms with E-state index in [1.54, 1.807) is 32.3 Å². The van der Waals surface area contributed by atoms with E-state index in [4.69, 9.17) is 11.6 Å². The maximum atomic E-state index is 12.5. The zero-order chi connectivity index (χ0) is 19.8. The zero-order valence-electron chi connectivity index (χ0n) is 14.8. The number of pyridine rings is 1. The molecule has 1 aliphatic rings. The van der Waals surface area contributed by atoms with Crippen LogP contribution < -0.4 is 9.62 Å². The first-order valence-corrected chi connectivity index (χ1v) is 10.1. The first-order valence-electron chi connectivity index (χ1n) is 8.16. The number of hydrogen-bond donors (Lipinski definition) is 1. The van der Waals surface area contributed by atoms with Crippen molar-refractivity contribution >= 4 is 39.1 Å². The quantitative estimate of drug-likeness (QED) is 0.839. The number of sulfonamides is 1. The molecule has 2 aromatic rings. The van der Waals surface area contributed by atoms with Crippen LogP contribution in [-0.2, 0) is 21.4 Å². The van der Waals surface area contributed by atoms with Crippen molar-refractivity contribution in [3.05, 3.63) is 58.9 Å². The predicted molar refractivity (Wildman–Crippen MR) is 102 cm³/mol. The number of aromatic nitrogens is 1. The van der Waals surface area contributed by atoms with Gasteiger partial charge < -0.3 is 5.32 Å². The molecule has 0 saturated carbocycles. The van der Waals surface area contributed by atoms with Gasteiger partial charge in [-0.3, -0.25) is 14.6 Å². The van der Waals surface area contributed by atoms with Crippen molar-refractivity contribution < 1.29 is 18.0 Å². The Balaban J connectivity index is 1.88. The summed E-state index contributed by atoms with van der Waals surface area (Å²) in [7, 11) is -3.81. The molecule has 0 unspecified atom stereocenters. The van der Waals surface area contributed by atoms with Gasteiger partial charge in [-0.15, -0.1) is 0 Å². The number of hydrogen-bond acceptors (Lipinski definition) is 5. The molecule has 0 aliphatic carbocycles. The highest BCUT2D eigenvalue weighted by molar-refractivity contribution is 7.94. The summed E-state index contributed by atoms with van der Waals surface area (Å²) in [6, 6.07) is 7.70. The van der Waals surface area contributed by atoms with Gasteiger partial charge in [0.05, 0.1) is 27.4 Å². The van der Waals surface area contributed by atoms with E-state index in [9.17, 15) is 18.0 Å². The Labute approximate surface area is 162 Å². The Bertz CT molecular complexity index is 1010. The van der Waals surface area contributed by atoms with E-state index >= 15 is 0 Å². The molecule has 0 bridgehead atoms. The average Bonchev–Trinajstić information content (AvgIpc) is 2.77. The predicted octanol–water partition coefficient (Wildman–Crippen LogP) is 2.37. The summed E-state index contributed by atoms with van der Waals surface area (Å²) in [5.74, 6) is -1.30. The number of halogens is 1. The molecule has 0 atom stereocenters. The van der Waals surface area contributed by atoms with Gasteiger partial charge in [-0.05, 0) is 43.7 Å². The number of carbonyl (C=O) groups is 2. The van der Waals surface area contributed by atoms with Crippen molar-refractivity contribution in [2.45, 2.75) is 20.4 Å². The molecule has 1 aliphatic heterocycles. The highest BCUT2D eigenvalue weighted by atomic mass is 35.5. The van der Waals surface area contributed by atoms with Gasteiger partial charge in [-0.2, -0.15) is 0 Å². The van der Waals surface area contributed by atoms with E-state index in [2.05, 4.69) is 10.3 Å². The third kappa shape index (κ3) is 3.81. The van der Waals surface area contributed by atoms with E-state index < -0.39 is 27.3 Å². The summed E-state index contributed by atoms with van der Waals surface area (Å²) in [5, 5.41) is 2.86. The van der Waals surface area contributed by atoms with Gasteiger partial charge in [-0.25, -0.2) is 12.7 Å². The number of anilines is 1.